The van der Waals surface area contributed by atoms with Gasteiger partial charge in [-0.25, -0.2) is 0 Å². The van der Waals surface area contributed by atoms with Crippen LogP contribution in [0.4, 0.5) is 0 Å². The standard InChI is InChI=1S/C18H29BrO4/c1-3-21-16(17(22-4-2)23-15(20)11-19)18-8-12-5-13(9-18)7-14(6-12)10-18/h12-14,16-17H,3-11H2,1-2H3. The minimum absolute atomic E-state index is 0.135. The number of hydrogen-bond acceptors (Lipinski definition) is 4. The van der Waals surface area contributed by atoms with Gasteiger partial charge in [-0.15, -0.1) is 0 Å². The van der Waals surface area contributed by atoms with Gasteiger partial charge < -0.3 is 14.2 Å². The molecule has 0 amide bonds. The second kappa shape index (κ2) is 7.40. The summed E-state index contributed by atoms with van der Waals surface area (Å²) in [6, 6.07) is 0. The van der Waals surface area contributed by atoms with Crippen LogP contribution in [0.1, 0.15) is 52.4 Å². The Morgan fingerprint density at radius 3 is 2.00 bits per heavy atom. The highest BCUT2D eigenvalue weighted by atomic mass is 79.9. The Hall–Kier alpha value is -0.130. The molecule has 0 spiro atoms. The SMILES string of the molecule is CCOC(OC(=O)CBr)C(OCC)C12CC3CC(CC(C3)C1)C2. The first-order valence-electron chi connectivity index (χ1n) is 9.08. The lowest BCUT2D eigenvalue weighted by Gasteiger charge is -2.59. The molecule has 4 fully saturated rings. The third-order valence-electron chi connectivity index (χ3n) is 5.97. The van der Waals surface area contributed by atoms with E-state index in [1.807, 2.05) is 13.8 Å². The van der Waals surface area contributed by atoms with Crippen molar-refractivity contribution in [1.29, 1.82) is 0 Å². The second-order valence-electron chi connectivity index (χ2n) is 7.60. The van der Waals surface area contributed by atoms with E-state index < -0.39 is 6.29 Å². The first-order chi connectivity index (χ1) is 11.1. The van der Waals surface area contributed by atoms with E-state index in [2.05, 4.69) is 15.9 Å². The average molecular weight is 389 g/mol. The molecule has 4 bridgehead atoms. The normalized spacial score (nSPS) is 37.6. The van der Waals surface area contributed by atoms with Crippen molar-refractivity contribution in [2.45, 2.75) is 64.8 Å². The van der Waals surface area contributed by atoms with Crippen molar-refractivity contribution in [2.24, 2.45) is 23.2 Å². The largest absolute Gasteiger partial charge is 0.432 e. The number of carbonyl (C=O) groups excluding carboxylic acids is 1. The molecule has 0 saturated heterocycles. The minimum atomic E-state index is -0.582. The third-order valence-corrected chi connectivity index (χ3v) is 6.43. The minimum Gasteiger partial charge on any atom is -0.432 e. The topological polar surface area (TPSA) is 44.8 Å². The van der Waals surface area contributed by atoms with E-state index in [0.29, 0.717) is 13.2 Å². The molecule has 0 aliphatic heterocycles. The Morgan fingerprint density at radius 1 is 1.04 bits per heavy atom. The molecule has 5 heteroatoms. The fraction of sp³-hybridized carbons (Fsp3) is 0.944. The van der Waals surface area contributed by atoms with Crippen LogP contribution in [-0.2, 0) is 19.0 Å². The molecule has 0 aromatic rings. The van der Waals surface area contributed by atoms with Crippen LogP contribution < -0.4 is 0 Å². The Labute approximate surface area is 147 Å². The fourth-order valence-corrected chi connectivity index (χ4v) is 5.89. The van der Waals surface area contributed by atoms with E-state index >= 15 is 0 Å². The number of rotatable bonds is 8. The Bertz CT molecular complexity index is 390. The highest BCUT2D eigenvalue weighted by Gasteiger charge is 2.57. The molecule has 4 saturated carbocycles. The highest BCUT2D eigenvalue weighted by molar-refractivity contribution is 9.09. The molecule has 2 atom stereocenters. The van der Waals surface area contributed by atoms with Crippen LogP contribution in [0.5, 0.6) is 0 Å². The zero-order chi connectivity index (χ0) is 16.4. The monoisotopic (exact) mass is 388 g/mol. The predicted octanol–water partition coefficient (Wildman–Crippen LogP) is 3.91. The molecule has 4 nitrogen and oxygen atoms in total. The van der Waals surface area contributed by atoms with Gasteiger partial charge in [0, 0.05) is 18.6 Å². The molecular formula is C18H29BrO4. The maximum atomic E-state index is 11.8. The Balaban J connectivity index is 1.82. The molecule has 0 aromatic heterocycles. The number of carbonyl (C=O) groups is 1. The van der Waals surface area contributed by atoms with E-state index in [-0.39, 0.29) is 22.8 Å². The lowest BCUT2D eigenvalue weighted by atomic mass is 9.48. The van der Waals surface area contributed by atoms with Gasteiger partial charge in [0.05, 0.1) is 0 Å². The van der Waals surface area contributed by atoms with Crippen molar-refractivity contribution in [1.82, 2.24) is 0 Å². The van der Waals surface area contributed by atoms with E-state index in [4.69, 9.17) is 14.2 Å². The summed E-state index contributed by atoms with van der Waals surface area (Å²) in [4.78, 5) is 11.8. The van der Waals surface area contributed by atoms with Crippen LogP contribution in [0.25, 0.3) is 0 Å². The Morgan fingerprint density at radius 2 is 1.57 bits per heavy atom. The van der Waals surface area contributed by atoms with Gasteiger partial charge >= 0.3 is 5.97 Å². The predicted molar refractivity (Wildman–Crippen MR) is 91.3 cm³/mol. The molecule has 4 aliphatic rings. The maximum absolute atomic E-state index is 11.8. The molecular weight excluding hydrogens is 360 g/mol. The molecule has 0 aromatic carbocycles. The molecule has 2 unspecified atom stereocenters. The third kappa shape index (κ3) is 3.62. The van der Waals surface area contributed by atoms with Gasteiger partial charge in [0.15, 0.2) is 0 Å². The van der Waals surface area contributed by atoms with Crippen LogP contribution in [-0.4, -0.2) is 36.9 Å². The number of hydrogen-bond donors (Lipinski definition) is 0. The summed E-state index contributed by atoms with van der Waals surface area (Å²) in [5.74, 6) is 2.22. The van der Waals surface area contributed by atoms with Crippen LogP contribution >= 0.6 is 15.9 Å². The summed E-state index contributed by atoms with van der Waals surface area (Å²) >= 11 is 3.18. The Kier molecular flexibility index (Phi) is 5.69. The van der Waals surface area contributed by atoms with Crippen molar-refractivity contribution in [3.63, 3.8) is 0 Å². The number of ether oxygens (including phenoxy) is 3. The highest BCUT2D eigenvalue weighted by Crippen LogP contribution is 2.62. The van der Waals surface area contributed by atoms with E-state index in [1.165, 1.54) is 38.5 Å². The van der Waals surface area contributed by atoms with E-state index in [0.717, 1.165) is 17.8 Å². The van der Waals surface area contributed by atoms with Crippen molar-refractivity contribution in [2.75, 3.05) is 18.5 Å². The molecule has 23 heavy (non-hydrogen) atoms. The molecule has 132 valence electrons. The van der Waals surface area contributed by atoms with Crippen LogP contribution in [0.3, 0.4) is 0 Å². The lowest BCUT2D eigenvalue weighted by molar-refractivity contribution is -0.251. The summed E-state index contributed by atoms with van der Waals surface area (Å²) in [5.41, 5.74) is 0.136. The maximum Gasteiger partial charge on any atom is 0.318 e. The summed E-state index contributed by atoms with van der Waals surface area (Å²) < 4.78 is 17.6. The number of alkyl halides is 1. The summed E-state index contributed by atoms with van der Waals surface area (Å²) in [5, 5.41) is 0.191. The summed E-state index contributed by atoms with van der Waals surface area (Å²) in [7, 11) is 0. The van der Waals surface area contributed by atoms with Gasteiger partial charge in [0.1, 0.15) is 11.4 Å². The first kappa shape index (κ1) is 17.7. The number of esters is 1. The van der Waals surface area contributed by atoms with Crippen molar-refractivity contribution < 1.29 is 19.0 Å². The van der Waals surface area contributed by atoms with Crippen LogP contribution in [0.2, 0.25) is 0 Å². The van der Waals surface area contributed by atoms with Crippen LogP contribution in [0, 0.1) is 23.2 Å². The van der Waals surface area contributed by atoms with Crippen molar-refractivity contribution in [3.05, 3.63) is 0 Å². The van der Waals surface area contributed by atoms with Crippen molar-refractivity contribution >= 4 is 21.9 Å². The van der Waals surface area contributed by atoms with Gasteiger partial charge in [-0.05, 0) is 70.1 Å². The molecule has 4 aliphatic carbocycles. The van der Waals surface area contributed by atoms with Gasteiger partial charge in [0.25, 0.3) is 0 Å². The summed E-state index contributed by atoms with van der Waals surface area (Å²) in [6.07, 6.45) is 7.07. The zero-order valence-electron chi connectivity index (χ0n) is 14.3. The average Bonchev–Trinajstić information content (AvgIpc) is 2.50. The first-order valence-corrected chi connectivity index (χ1v) is 10.2. The van der Waals surface area contributed by atoms with Gasteiger partial charge in [0.2, 0.25) is 6.29 Å². The molecule has 0 radical (unpaired) electrons. The smallest absolute Gasteiger partial charge is 0.318 e. The number of halogens is 1. The summed E-state index contributed by atoms with van der Waals surface area (Å²) in [6.45, 7) is 5.11. The van der Waals surface area contributed by atoms with Crippen molar-refractivity contribution in [3.8, 4) is 0 Å². The lowest BCUT2D eigenvalue weighted by Crippen LogP contribution is -2.57. The van der Waals surface area contributed by atoms with Gasteiger partial charge in [-0.1, -0.05) is 15.9 Å². The molecule has 0 heterocycles. The van der Waals surface area contributed by atoms with Gasteiger partial charge in [-0.2, -0.15) is 0 Å². The zero-order valence-corrected chi connectivity index (χ0v) is 15.8. The molecule has 0 N–H and O–H groups in total. The van der Waals surface area contributed by atoms with E-state index in [1.54, 1.807) is 0 Å². The quantitative estimate of drug-likeness (QED) is 0.359. The fourth-order valence-electron chi connectivity index (χ4n) is 5.76. The van der Waals surface area contributed by atoms with E-state index in [9.17, 15) is 4.79 Å². The molecule has 4 rings (SSSR count). The second-order valence-corrected chi connectivity index (χ2v) is 8.16. The van der Waals surface area contributed by atoms with Crippen LogP contribution in [0.15, 0.2) is 0 Å². The van der Waals surface area contributed by atoms with Gasteiger partial charge in [-0.3, -0.25) is 4.79 Å².